The summed E-state index contributed by atoms with van der Waals surface area (Å²) in [4.78, 5) is 15.3. The van der Waals surface area contributed by atoms with Crippen molar-refractivity contribution in [2.45, 2.75) is 6.10 Å². The zero-order chi connectivity index (χ0) is 12.1. The molecule has 1 atom stereocenters. The molecule has 1 aromatic rings. The van der Waals surface area contributed by atoms with E-state index in [2.05, 4.69) is 15.6 Å². The van der Waals surface area contributed by atoms with Crippen molar-refractivity contribution in [2.75, 3.05) is 31.6 Å². The minimum Gasteiger partial charge on any atom is -0.374 e. The molecule has 6 heteroatoms. The van der Waals surface area contributed by atoms with E-state index in [-0.39, 0.29) is 6.10 Å². The summed E-state index contributed by atoms with van der Waals surface area (Å²) in [5.74, 6) is 0.0254. The fourth-order valence-electron chi connectivity index (χ4n) is 1.71. The second-order valence-corrected chi connectivity index (χ2v) is 3.84. The maximum atomic E-state index is 11.2. The van der Waals surface area contributed by atoms with Crippen molar-refractivity contribution in [2.24, 2.45) is 5.73 Å². The van der Waals surface area contributed by atoms with Gasteiger partial charge in [0.1, 0.15) is 5.82 Å². The Morgan fingerprint density at radius 2 is 2.59 bits per heavy atom. The Hall–Kier alpha value is -1.66. The van der Waals surface area contributed by atoms with Crippen LogP contribution in [0.4, 0.5) is 5.82 Å². The lowest BCUT2D eigenvalue weighted by Gasteiger charge is -2.24. The SMILES string of the molecule is NC(=O)c1cccnc1NC[C@H]1CNCCO1. The fraction of sp³-hybridized carbons (Fsp3) is 0.455. The van der Waals surface area contributed by atoms with Gasteiger partial charge in [0.25, 0.3) is 5.91 Å². The number of carbonyl (C=O) groups excluding carboxylic acids is 1. The van der Waals surface area contributed by atoms with Crippen LogP contribution in [0, 0.1) is 0 Å². The Morgan fingerprint density at radius 1 is 1.71 bits per heavy atom. The normalized spacial score (nSPS) is 19.9. The molecule has 1 fully saturated rings. The molecule has 0 unspecified atom stereocenters. The first-order valence-corrected chi connectivity index (χ1v) is 5.58. The van der Waals surface area contributed by atoms with Crippen LogP contribution in [-0.4, -0.2) is 43.2 Å². The molecule has 0 spiro atoms. The molecular weight excluding hydrogens is 220 g/mol. The van der Waals surface area contributed by atoms with E-state index in [1.54, 1.807) is 18.3 Å². The average Bonchev–Trinajstić information content (AvgIpc) is 2.38. The molecule has 17 heavy (non-hydrogen) atoms. The van der Waals surface area contributed by atoms with Crippen LogP contribution >= 0.6 is 0 Å². The summed E-state index contributed by atoms with van der Waals surface area (Å²) in [6.45, 7) is 2.99. The van der Waals surface area contributed by atoms with E-state index in [0.29, 0.717) is 24.5 Å². The molecular formula is C11H16N4O2. The molecule has 0 radical (unpaired) electrons. The van der Waals surface area contributed by atoms with Crippen LogP contribution in [0.5, 0.6) is 0 Å². The molecule has 1 aliphatic heterocycles. The third-order valence-electron chi connectivity index (χ3n) is 2.57. The van der Waals surface area contributed by atoms with Gasteiger partial charge in [0, 0.05) is 25.8 Å². The number of primary amides is 1. The number of aromatic nitrogens is 1. The highest BCUT2D eigenvalue weighted by molar-refractivity contribution is 5.97. The largest absolute Gasteiger partial charge is 0.374 e. The third kappa shape index (κ3) is 3.15. The lowest BCUT2D eigenvalue weighted by atomic mass is 10.2. The number of amides is 1. The molecule has 1 saturated heterocycles. The topological polar surface area (TPSA) is 89.3 Å². The van der Waals surface area contributed by atoms with Crippen molar-refractivity contribution in [1.29, 1.82) is 0 Å². The predicted octanol–water partition coefficient (Wildman–Crippen LogP) is -0.419. The van der Waals surface area contributed by atoms with Crippen molar-refractivity contribution in [3.8, 4) is 0 Å². The Morgan fingerprint density at radius 3 is 3.29 bits per heavy atom. The van der Waals surface area contributed by atoms with Crippen LogP contribution in [-0.2, 0) is 4.74 Å². The van der Waals surface area contributed by atoms with Crippen LogP contribution in [0.15, 0.2) is 18.3 Å². The highest BCUT2D eigenvalue weighted by atomic mass is 16.5. The number of nitrogens with zero attached hydrogens (tertiary/aromatic N) is 1. The van der Waals surface area contributed by atoms with Gasteiger partial charge in [-0.3, -0.25) is 4.79 Å². The van der Waals surface area contributed by atoms with Gasteiger partial charge in [-0.25, -0.2) is 4.98 Å². The summed E-state index contributed by atoms with van der Waals surface area (Å²) in [5, 5.41) is 6.32. The Bertz CT molecular complexity index is 391. The predicted molar refractivity (Wildman–Crippen MR) is 63.9 cm³/mol. The number of morpholine rings is 1. The summed E-state index contributed by atoms with van der Waals surface area (Å²) in [6.07, 6.45) is 1.71. The molecule has 0 aromatic carbocycles. The molecule has 1 amide bonds. The Kier molecular flexibility index (Phi) is 3.89. The fourth-order valence-corrected chi connectivity index (χ4v) is 1.71. The first kappa shape index (κ1) is 11.8. The van der Waals surface area contributed by atoms with Gasteiger partial charge in [-0.1, -0.05) is 0 Å². The van der Waals surface area contributed by atoms with Gasteiger partial charge >= 0.3 is 0 Å². The summed E-state index contributed by atoms with van der Waals surface area (Å²) >= 11 is 0. The molecule has 0 bridgehead atoms. The first-order valence-electron chi connectivity index (χ1n) is 5.58. The number of hydrogen-bond donors (Lipinski definition) is 3. The molecule has 0 aliphatic carbocycles. The smallest absolute Gasteiger partial charge is 0.252 e. The van der Waals surface area contributed by atoms with Crippen LogP contribution in [0.2, 0.25) is 0 Å². The number of nitrogens with one attached hydrogen (secondary N) is 2. The maximum absolute atomic E-state index is 11.2. The molecule has 0 saturated carbocycles. The first-order chi connectivity index (χ1) is 8.27. The number of anilines is 1. The summed E-state index contributed by atoms with van der Waals surface area (Å²) in [6, 6.07) is 3.33. The van der Waals surface area contributed by atoms with Crippen LogP contribution in [0.3, 0.4) is 0 Å². The van der Waals surface area contributed by atoms with Crippen LogP contribution in [0.1, 0.15) is 10.4 Å². The van der Waals surface area contributed by atoms with Crippen molar-refractivity contribution in [3.05, 3.63) is 23.9 Å². The molecule has 1 aromatic heterocycles. The molecule has 2 rings (SSSR count). The van der Waals surface area contributed by atoms with E-state index in [4.69, 9.17) is 10.5 Å². The zero-order valence-corrected chi connectivity index (χ0v) is 9.48. The monoisotopic (exact) mass is 236 g/mol. The molecule has 92 valence electrons. The van der Waals surface area contributed by atoms with Crippen molar-refractivity contribution < 1.29 is 9.53 Å². The number of carbonyl (C=O) groups is 1. The second-order valence-electron chi connectivity index (χ2n) is 3.84. The van der Waals surface area contributed by atoms with E-state index in [1.165, 1.54) is 0 Å². The number of pyridine rings is 1. The molecule has 1 aliphatic rings. The summed E-state index contributed by atoms with van der Waals surface area (Å²) in [7, 11) is 0. The van der Waals surface area contributed by atoms with E-state index in [1.807, 2.05) is 0 Å². The van der Waals surface area contributed by atoms with Gasteiger partial charge in [0.05, 0.1) is 18.3 Å². The third-order valence-corrected chi connectivity index (χ3v) is 2.57. The van der Waals surface area contributed by atoms with Gasteiger partial charge in [0.15, 0.2) is 0 Å². The zero-order valence-electron chi connectivity index (χ0n) is 9.48. The van der Waals surface area contributed by atoms with Gasteiger partial charge in [0.2, 0.25) is 0 Å². The van der Waals surface area contributed by atoms with Gasteiger partial charge in [-0.2, -0.15) is 0 Å². The highest BCUT2D eigenvalue weighted by Gasteiger charge is 2.14. The number of nitrogens with two attached hydrogens (primary N) is 1. The van der Waals surface area contributed by atoms with Crippen molar-refractivity contribution in [3.63, 3.8) is 0 Å². The van der Waals surface area contributed by atoms with Crippen molar-refractivity contribution >= 4 is 11.7 Å². The van der Waals surface area contributed by atoms with Crippen LogP contribution in [0.25, 0.3) is 0 Å². The van der Waals surface area contributed by atoms with Crippen molar-refractivity contribution in [1.82, 2.24) is 10.3 Å². The lowest BCUT2D eigenvalue weighted by molar-refractivity contribution is 0.0371. The van der Waals surface area contributed by atoms with E-state index in [9.17, 15) is 4.79 Å². The summed E-state index contributed by atoms with van der Waals surface area (Å²) in [5.41, 5.74) is 5.66. The minimum atomic E-state index is -0.483. The maximum Gasteiger partial charge on any atom is 0.252 e. The minimum absolute atomic E-state index is 0.0893. The average molecular weight is 236 g/mol. The molecule has 6 nitrogen and oxygen atoms in total. The molecule has 2 heterocycles. The van der Waals surface area contributed by atoms with E-state index in [0.717, 1.165) is 13.1 Å². The highest BCUT2D eigenvalue weighted by Crippen LogP contribution is 2.10. The van der Waals surface area contributed by atoms with E-state index < -0.39 is 5.91 Å². The number of hydrogen-bond acceptors (Lipinski definition) is 5. The van der Waals surface area contributed by atoms with E-state index >= 15 is 0 Å². The Labute approximate surface area is 99.5 Å². The standard InChI is InChI=1S/C11H16N4O2/c12-10(16)9-2-1-3-14-11(9)15-7-8-6-13-4-5-17-8/h1-3,8,13H,4-7H2,(H2,12,16)(H,14,15)/t8-/m1/s1. The quantitative estimate of drug-likeness (QED) is 0.660. The van der Waals surface area contributed by atoms with Gasteiger partial charge < -0.3 is 21.1 Å². The number of ether oxygens (including phenoxy) is 1. The summed E-state index contributed by atoms with van der Waals surface area (Å²) < 4.78 is 5.53. The van der Waals surface area contributed by atoms with Gasteiger partial charge in [-0.15, -0.1) is 0 Å². The van der Waals surface area contributed by atoms with Gasteiger partial charge in [-0.05, 0) is 12.1 Å². The Balaban J connectivity index is 1.96. The second kappa shape index (κ2) is 5.60. The van der Waals surface area contributed by atoms with Crippen LogP contribution < -0.4 is 16.4 Å². The lowest BCUT2D eigenvalue weighted by Crippen LogP contribution is -2.42. The number of rotatable bonds is 4. The molecule has 4 N–H and O–H groups in total.